The second kappa shape index (κ2) is 7.99. The van der Waals surface area contributed by atoms with Crippen molar-refractivity contribution < 1.29 is 13.2 Å². The molecule has 0 atom stereocenters. The molecular formula is C15H9Cl3N4O3S2. The summed E-state index contributed by atoms with van der Waals surface area (Å²) in [6.45, 7) is 0. The van der Waals surface area contributed by atoms with Crippen LogP contribution >= 0.6 is 46.1 Å². The first-order chi connectivity index (χ1) is 12.8. The first kappa shape index (κ1) is 19.8. The Balaban J connectivity index is 1.77. The average Bonchev–Trinajstić information content (AvgIpc) is 3.09. The van der Waals surface area contributed by atoms with E-state index in [9.17, 15) is 13.2 Å². The Morgan fingerprint density at radius 3 is 2.41 bits per heavy atom. The minimum absolute atomic E-state index is 0.0208. The van der Waals surface area contributed by atoms with Crippen molar-refractivity contribution in [2.75, 3.05) is 10.0 Å². The molecule has 1 amide bonds. The molecule has 3 aromatic rings. The quantitative estimate of drug-likeness (QED) is 0.541. The molecule has 0 saturated heterocycles. The number of amides is 1. The van der Waals surface area contributed by atoms with Crippen LogP contribution in [0.25, 0.3) is 0 Å². The number of hydrogen-bond acceptors (Lipinski definition) is 6. The smallest absolute Gasteiger partial charge is 0.291 e. The summed E-state index contributed by atoms with van der Waals surface area (Å²) in [4.78, 5) is 12.1. The highest BCUT2D eigenvalue weighted by Crippen LogP contribution is 2.32. The van der Waals surface area contributed by atoms with Crippen molar-refractivity contribution in [3.05, 3.63) is 63.1 Å². The molecule has 0 radical (unpaired) electrons. The number of halogens is 3. The zero-order valence-corrected chi connectivity index (χ0v) is 17.0. The number of sulfonamides is 1. The number of carbonyl (C=O) groups excluding carboxylic acids is 1. The molecule has 0 fully saturated rings. The third kappa shape index (κ3) is 4.69. The van der Waals surface area contributed by atoms with Crippen molar-refractivity contribution in [2.24, 2.45) is 0 Å². The Labute approximate surface area is 173 Å². The summed E-state index contributed by atoms with van der Waals surface area (Å²) in [5.74, 6) is -0.474. The zero-order valence-electron chi connectivity index (χ0n) is 13.1. The molecule has 12 heteroatoms. The van der Waals surface area contributed by atoms with Crippen LogP contribution in [0, 0.1) is 0 Å². The fraction of sp³-hybridized carbons (Fsp3) is 0. The van der Waals surface area contributed by atoms with E-state index in [1.54, 1.807) is 18.2 Å². The highest BCUT2D eigenvalue weighted by molar-refractivity contribution is 7.94. The maximum Gasteiger partial charge on any atom is 0.291 e. The molecule has 2 aromatic carbocycles. The van der Waals surface area contributed by atoms with Crippen LogP contribution in [-0.4, -0.2) is 24.5 Å². The van der Waals surface area contributed by atoms with E-state index in [0.29, 0.717) is 21.9 Å². The highest BCUT2D eigenvalue weighted by atomic mass is 35.5. The van der Waals surface area contributed by atoms with Gasteiger partial charge in [-0.25, -0.2) is 0 Å². The molecule has 0 aliphatic rings. The van der Waals surface area contributed by atoms with Gasteiger partial charge in [-0.15, -0.1) is 10.2 Å². The number of hydrogen-bond donors (Lipinski definition) is 2. The van der Waals surface area contributed by atoms with Gasteiger partial charge in [-0.1, -0.05) is 52.2 Å². The van der Waals surface area contributed by atoms with Crippen LogP contribution in [0.4, 0.5) is 10.8 Å². The van der Waals surface area contributed by atoms with Gasteiger partial charge < -0.3 is 0 Å². The van der Waals surface area contributed by atoms with Crippen molar-refractivity contribution in [1.82, 2.24) is 10.2 Å². The van der Waals surface area contributed by atoms with Crippen LogP contribution in [0.3, 0.4) is 0 Å². The fourth-order valence-electron chi connectivity index (χ4n) is 1.91. The molecule has 0 unspecified atom stereocenters. The maximum absolute atomic E-state index is 12.4. The topological polar surface area (TPSA) is 101 Å². The fourth-order valence-corrected chi connectivity index (χ4v) is 4.41. The lowest BCUT2D eigenvalue weighted by atomic mass is 10.2. The van der Waals surface area contributed by atoms with Gasteiger partial charge in [-0.2, -0.15) is 8.42 Å². The standard InChI is InChI=1S/C15H9Cl3N4O3S2/c16-9-6-4-8(5-7-9)13(23)19-14-20-21-15(26-14)27(24,25)22-11-3-1-2-10(17)12(11)18/h1-7,22H,(H,19,20,23). The van der Waals surface area contributed by atoms with Crippen LogP contribution < -0.4 is 10.0 Å². The molecule has 0 aliphatic carbocycles. The third-order valence-electron chi connectivity index (χ3n) is 3.16. The summed E-state index contributed by atoms with van der Waals surface area (Å²) < 4.78 is 26.8. The number of anilines is 2. The molecule has 140 valence electrons. The van der Waals surface area contributed by atoms with Crippen LogP contribution in [-0.2, 0) is 10.0 Å². The van der Waals surface area contributed by atoms with E-state index in [-0.39, 0.29) is 25.2 Å². The van der Waals surface area contributed by atoms with Gasteiger partial charge in [0.25, 0.3) is 20.3 Å². The lowest BCUT2D eigenvalue weighted by Gasteiger charge is -2.07. The van der Waals surface area contributed by atoms with E-state index in [2.05, 4.69) is 20.2 Å². The zero-order chi connectivity index (χ0) is 19.6. The summed E-state index contributed by atoms with van der Waals surface area (Å²) in [7, 11) is -4.05. The number of aromatic nitrogens is 2. The van der Waals surface area contributed by atoms with Gasteiger partial charge in [0.05, 0.1) is 15.7 Å². The van der Waals surface area contributed by atoms with Crippen LogP contribution in [0.1, 0.15) is 10.4 Å². The van der Waals surface area contributed by atoms with E-state index in [0.717, 1.165) is 0 Å². The second-order valence-corrected chi connectivity index (χ2v) is 9.10. The Bertz CT molecular complexity index is 1100. The van der Waals surface area contributed by atoms with Gasteiger partial charge >= 0.3 is 0 Å². The number of rotatable bonds is 5. The van der Waals surface area contributed by atoms with E-state index < -0.39 is 15.9 Å². The Hall–Kier alpha value is -1.91. The Kier molecular flexibility index (Phi) is 5.87. The first-order valence-corrected chi connectivity index (χ1v) is 10.6. The molecule has 1 aromatic heterocycles. The average molecular weight is 464 g/mol. The molecule has 3 rings (SSSR count). The molecule has 27 heavy (non-hydrogen) atoms. The van der Waals surface area contributed by atoms with Gasteiger partial charge in [0, 0.05) is 10.6 Å². The largest absolute Gasteiger partial charge is 0.296 e. The summed E-state index contributed by atoms with van der Waals surface area (Å²) in [6, 6.07) is 10.7. The van der Waals surface area contributed by atoms with Gasteiger partial charge in [-0.05, 0) is 36.4 Å². The number of nitrogens with zero attached hydrogens (tertiary/aromatic N) is 2. The molecule has 0 bridgehead atoms. The molecule has 2 N–H and O–H groups in total. The van der Waals surface area contributed by atoms with Crippen LogP contribution in [0.5, 0.6) is 0 Å². The highest BCUT2D eigenvalue weighted by Gasteiger charge is 2.22. The molecular weight excluding hydrogens is 455 g/mol. The Morgan fingerprint density at radius 2 is 1.70 bits per heavy atom. The molecule has 1 heterocycles. The third-order valence-corrected chi connectivity index (χ3v) is 6.80. The Morgan fingerprint density at radius 1 is 1.00 bits per heavy atom. The van der Waals surface area contributed by atoms with Gasteiger partial charge in [-0.3, -0.25) is 14.8 Å². The van der Waals surface area contributed by atoms with Crippen molar-refractivity contribution in [3.8, 4) is 0 Å². The van der Waals surface area contributed by atoms with Crippen LogP contribution in [0.15, 0.2) is 46.8 Å². The minimum Gasteiger partial charge on any atom is -0.296 e. The molecule has 7 nitrogen and oxygen atoms in total. The predicted octanol–water partition coefficient (Wildman–Crippen LogP) is 4.55. The van der Waals surface area contributed by atoms with Crippen LogP contribution in [0.2, 0.25) is 15.1 Å². The summed E-state index contributed by atoms with van der Waals surface area (Å²) >= 11 is 18.3. The van der Waals surface area contributed by atoms with E-state index in [1.807, 2.05) is 0 Å². The normalized spacial score (nSPS) is 11.2. The van der Waals surface area contributed by atoms with E-state index >= 15 is 0 Å². The summed E-state index contributed by atoms with van der Waals surface area (Å²) in [6.07, 6.45) is 0. The molecule has 0 spiro atoms. The minimum atomic E-state index is -4.05. The van der Waals surface area contributed by atoms with E-state index in [1.165, 1.54) is 24.3 Å². The SMILES string of the molecule is O=C(Nc1nnc(S(=O)(=O)Nc2cccc(Cl)c2Cl)s1)c1ccc(Cl)cc1. The predicted molar refractivity (Wildman–Crippen MR) is 107 cm³/mol. The first-order valence-electron chi connectivity index (χ1n) is 7.13. The summed E-state index contributed by atoms with van der Waals surface area (Å²) in [5.41, 5.74) is 0.439. The molecule has 0 saturated carbocycles. The van der Waals surface area contributed by atoms with Gasteiger partial charge in [0.1, 0.15) is 0 Å². The lowest BCUT2D eigenvalue weighted by Crippen LogP contribution is -2.13. The lowest BCUT2D eigenvalue weighted by molar-refractivity contribution is 0.102. The van der Waals surface area contributed by atoms with Crippen molar-refractivity contribution in [3.63, 3.8) is 0 Å². The second-order valence-electron chi connectivity index (χ2n) is 5.04. The van der Waals surface area contributed by atoms with Gasteiger partial charge in [0.2, 0.25) is 5.13 Å². The molecule has 0 aliphatic heterocycles. The van der Waals surface area contributed by atoms with Crippen molar-refractivity contribution in [2.45, 2.75) is 4.34 Å². The maximum atomic E-state index is 12.4. The van der Waals surface area contributed by atoms with Gasteiger partial charge in [0.15, 0.2) is 0 Å². The summed E-state index contributed by atoms with van der Waals surface area (Å²) in [5, 5.41) is 10.5. The number of nitrogens with one attached hydrogen (secondary N) is 2. The van der Waals surface area contributed by atoms with Crippen molar-refractivity contribution >= 4 is 72.9 Å². The monoisotopic (exact) mass is 462 g/mol. The van der Waals surface area contributed by atoms with E-state index in [4.69, 9.17) is 34.8 Å². The van der Waals surface area contributed by atoms with Crippen molar-refractivity contribution in [1.29, 1.82) is 0 Å². The number of benzene rings is 2. The number of carbonyl (C=O) groups is 1.